The zero-order valence-electron chi connectivity index (χ0n) is 10.5. The van der Waals surface area contributed by atoms with Crippen molar-refractivity contribution < 1.29 is 21.9 Å². The number of sulfonamides is 1. The van der Waals surface area contributed by atoms with Crippen molar-refractivity contribution in [3.63, 3.8) is 0 Å². The van der Waals surface area contributed by atoms with E-state index in [1.807, 2.05) is 0 Å². The lowest BCUT2D eigenvalue weighted by molar-refractivity contribution is 0.0199. The van der Waals surface area contributed by atoms with Crippen LogP contribution in [-0.2, 0) is 21.3 Å². The molecule has 0 unspecified atom stereocenters. The first-order valence-corrected chi connectivity index (χ1v) is 7.57. The van der Waals surface area contributed by atoms with Gasteiger partial charge >= 0.3 is 0 Å². The number of nitrogens with one attached hydrogen (secondary N) is 1. The molecule has 114 valence electrons. The average molecular weight is 329 g/mol. The van der Waals surface area contributed by atoms with Gasteiger partial charge in [-0.2, -0.15) is 0 Å². The third-order valence-corrected chi connectivity index (χ3v) is 4.25. The van der Waals surface area contributed by atoms with Gasteiger partial charge in [-0.1, -0.05) is 17.7 Å². The standard InChI is InChI=1S/C11H15ClF2N2O3S/c12-9-2-1-8(6-15)5-10(9)20(17,18)16-3-4-19-7-11(13)14/h1-2,5,11,16H,3-4,6-7,15H2. The van der Waals surface area contributed by atoms with Gasteiger partial charge in [0.25, 0.3) is 6.43 Å². The SMILES string of the molecule is NCc1ccc(Cl)c(S(=O)(=O)NCCOCC(F)F)c1. The highest BCUT2D eigenvalue weighted by molar-refractivity contribution is 7.89. The average Bonchev–Trinajstić information content (AvgIpc) is 2.38. The summed E-state index contributed by atoms with van der Waals surface area (Å²) in [4.78, 5) is -0.101. The summed E-state index contributed by atoms with van der Waals surface area (Å²) in [5.74, 6) is 0. The first kappa shape index (κ1) is 17.3. The minimum Gasteiger partial charge on any atom is -0.374 e. The van der Waals surface area contributed by atoms with E-state index in [9.17, 15) is 17.2 Å². The van der Waals surface area contributed by atoms with Crippen LogP contribution in [-0.4, -0.2) is 34.6 Å². The number of halogens is 3. The monoisotopic (exact) mass is 328 g/mol. The molecule has 9 heteroatoms. The van der Waals surface area contributed by atoms with Gasteiger partial charge in [-0.05, 0) is 17.7 Å². The quantitative estimate of drug-likeness (QED) is 0.706. The molecule has 0 radical (unpaired) electrons. The lowest BCUT2D eigenvalue weighted by Crippen LogP contribution is -2.28. The zero-order valence-corrected chi connectivity index (χ0v) is 12.1. The number of ether oxygens (including phenoxy) is 1. The number of hydrogen-bond donors (Lipinski definition) is 2. The van der Waals surface area contributed by atoms with Gasteiger partial charge in [0.2, 0.25) is 10.0 Å². The molecule has 0 saturated carbocycles. The van der Waals surface area contributed by atoms with E-state index in [1.165, 1.54) is 12.1 Å². The molecule has 5 nitrogen and oxygen atoms in total. The molecule has 0 aromatic heterocycles. The predicted molar refractivity (Wildman–Crippen MR) is 71.4 cm³/mol. The molecule has 0 heterocycles. The molecule has 0 fully saturated rings. The Hall–Kier alpha value is -0.800. The van der Waals surface area contributed by atoms with Crippen LogP contribution >= 0.6 is 11.6 Å². The van der Waals surface area contributed by atoms with Crippen molar-refractivity contribution in [2.45, 2.75) is 17.9 Å². The Bertz CT molecular complexity index is 540. The maximum atomic E-state index is 12.0. The van der Waals surface area contributed by atoms with Gasteiger partial charge in [-0.15, -0.1) is 0 Å². The summed E-state index contributed by atoms with van der Waals surface area (Å²) in [6, 6.07) is 4.42. The highest BCUT2D eigenvalue weighted by Crippen LogP contribution is 2.22. The Morgan fingerprint density at radius 1 is 1.40 bits per heavy atom. The van der Waals surface area contributed by atoms with Gasteiger partial charge < -0.3 is 10.5 Å². The van der Waals surface area contributed by atoms with Gasteiger partial charge in [0.05, 0.1) is 11.6 Å². The van der Waals surface area contributed by atoms with Crippen LogP contribution in [0, 0.1) is 0 Å². The third-order valence-electron chi connectivity index (χ3n) is 2.30. The minimum absolute atomic E-state index is 0.0585. The topological polar surface area (TPSA) is 81.4 Å². The molecule has 20 heavy (non-hydrogen) atoms. The maximum Gasteiger partial charge on any atom is 0.261 e. The second kappa shape index (κ2) is 7.84. The number of rotatable bonds is 8. The predicted octanol–water partition coefficient (Wildman–Crippen LogP) is 1.36. The molecule has 0 aliphatic rings. The van der Waals surface area contributed by atoms with Crippen molar-refractivity contribution in [3.8, 4) is 0 Å². The summed E-state index contributed by atoms with van der Waals surface area (Å²) in [5.41, 5.74) is 6.05. The van der Waals surface area contributed by atoms with Crippen LogP contribution in [0.25, 0.3) is 0 Å². The molecule has 0 aliphatic carbocycles. The second-order valence-corrected chi connectivity index (χ2v) is 5.98. The normalized spacial score (nSPS) is 12.1. The number of nitrogens with two attached hydrogens (primary N) is 1. The van der Waals surface area contributed by atoms with E-state index in [0.29, 0.717) is 5.56 Å². The van der Waals surface area contributed by atoms with Crippen LogP contribution in [0.1, 0.15) is 5.56 Å². The second-order valence-electron chi connectivity index (χ2n) is 3.83. The molecule has 1 aromatic rings. The summed E-state index contributed by atoms with van der Waals surface area (Å²) in [6.45, 7) is -0.835. The largest absolute Gasteiger partial charge is 0.374 e. The van der Waals surface area contributed by atoms with E-state index in [2.05, 4.69) is 9.46 Å². The van der Waals surface area contributed by atoms with Crippen LogP contribution in [0.15, 0.2) is 23.1 Å². The molecule has 0 aliphatic heterocycles. The lowest BCUT2D eigenvalue weighted by atomic mass is 10.2. The first-order valence-electron chi connectivity index (χ1n) is 5.71. The van der Waals surface area contributed by atoms with Gasteiger partial charge in [0.15, 0.2) is 0 Å². The van der Waals surface area contributed by atoms with Crippen molar-refractivity contribution in [2.24, 2.45) is 5.73 Å². The smallest absolute Gasteiger partial charge is 0.261 e. The molecule has 0 atom stereocenters. The van der Waals surface area contributed by atoms with Crippen LogP contribution in [0.4, 0.5) is 8.78 Å². The van der Waals surface area contributed by atoms with Crippen LogP contribution < -0.4 is 10.5 Å². The van der Waals surface area contributed by atoms with E-state index in [1.54, 1.807) is 6.07 Å². The third kappa shape index (κ3) is 5.29. The van der Waals surface area contributed by atoms with E-state index in [-0.39, 0.29) is 29.6 Å². The minimum atomic E-state index is -3.83. The summed E-state index contributed by atoms with van der Waals surface area (Å²) in [5, 5.41) is 0.0585. The Morgan fingerprint density at radius 3 is 2.70 bits per heavy atom. The summed E-state index contributed by atoms with van der Waals surface area (Å²) >= 11 is 5.83. The summed E-state index contributed by atoms with van der Waals surface area (Å²) < 4.78 is 54.4. The van der Waals surface area contributed by atoms with Crippen molar-refractivity contribution in [1.82, 2.24) is 4.72 Å². The van der Waals surface area contributed by atoms with Crippen molar-refractivity contribution in [2.75, 3.05) is 19.8 Å². The van der Waals surface area contributed by atoms with Crippen molar-refractivity contribution in [3.05, 3.63) is 28.8 Å². The highest BCUT2D eigenvalue weighted by atomic mass is 35.5. The van der Waals surface area contributed by atoms with Crippen LogP contribution in [0.2, 0.25) is 5.02 Å². The van der Waals surface area contributed by atoms with Gasteiger partial charge in [-0.25, -0.2) is 21.9 Å². The van der Waals surface area contributed by atoms with Crippen LogP contribution in [0.3, 0.4) is 0 Å². The summed E-state index contributed by atoms with van der Waals surface area (Å²) in [7, 11) is -3.83. The molecule has 3 N–H and O–H groups in total. The van der Waals surface area contributed by atoms with E-state index >= 15 is 0 Å². The molecule has 0 amide bonds. The Labute approximate surface area is 121 Å². The van der Waals surface area contributed by atoms with Gasteiger partial charge in [-0.3, -0.25) is 0 Å². The van der Waals surface area contributed by atoms with E-state index < -0.39 is 23.1 Å². The lowest BCUT2D eigenvalue weighted by Gasteiger charge is -2.10. The van der Waals surface area contributed by atoms with Crippen molar-refractivity contribution in [1.29, 1.82) is 0 Å². The Kier molecular flexibility index (Phi) is 6.77. The molecular weight excluding hydrogens is 314 g/mol. The highest BCUT2D eigenvalue weighted by Gasteiger charge is 2.17. The number of alkyl halides is 2. The Balaban J connectivity index is 2.64. The number of benzene rings is 1. The molecule has 0 bridgehead atoms. The van der Waals surface area contributed by atoms with E-state index in [0.717, 1.165) is 0 Å². The van der Waals surface area contributed by atoms with E-state index in [4.69, 9.17) is 17.3 Å². The molecule has 0 saturated heterocycles. The molecule has 1 rings (SSSR count). The zero-order chi connectivity index (χ0) is 15.2. The molecular formula is C11H15ClF2N2O3S. The summed E-state index contributed by atoms with van der Waals surface area (Å²) in [6.07, 6.45) is -2.58. The fourth-order valence-corrected chi connectivity index (χ4v) is 2.94. The molecule has 1 aromatic carbocycles. The first-order chi connectivity index (χ1) is 9.36. The van der Waals surface area contributed by atoms with Gasteiger partial charge in [0, 0.05) is 13.1 Å². The van der Waals surface area contributed by atoms with Gasteiger partial charge in [0.1, 0.15) is 11.5 Å². The van der Waals surface area contributed by atoms with Crippen LogP contribution in [0.5, 0.6) is 0 Å². The fourth-order valence-electron chi connectivity index (χ4n) is 1.38. The fraction of sp³-hybridized carbons (Fsp3) is 0.455. The maximum absolute atomic E-state index is 12.0. The Morgan fingerprint density at radius 2 is 2.10 bits per heavy atom. The van der Waals surface area contributed by atoms with Crippen molar-refractivity contribution >= 4 is 21.6 Å². The molecule has 0 spiro atoms. The number of hydrogen-bond acceptors (Lipinski definition) is 4.